The molecular weight excluding hydrogens is 253 g/mol. The van der Waals surface area contributed by atoms with E-state index in [0.717, 1.165) is 10.1 Å². The summed E-state index contributed by atoms with van der Waals surface area (Å²) in [6, 6.07) is 0. The van der Waals surface area contributed by atoms with Crippen molar-refractivity contribution < 1.29 is 4.79 Å². The molecule has 0 radical (unpaired) electrons. The van der Waals surface area contributed by atoms with Crippen molar-refractivity contribution >= 4 is 28.5 Å². The fraction of sp³-hybridized carbons (Fsp3) is 0.625. The van der Waals surface area contributed by atoms with E-state index >= 15 is 0 Å². The van der Waals surface area contributed by atoms with Crippen molar-refractivity contribution in [2.75, 3.05) is 6.54 Å². The number of nitrogens with one attached hydrogen (secondary N) is 1. The van der Waals surface area contributed by atoms with Gasteiger partial charge in [-0.15, -0.1) is 0 Å². The van der Waals surface area contributed by atoms with Crippen LogP contribution in [0.5, 0.6) is 0 Å². The lowest BCUT2D eigenvalue weighted by Crippen LogP contribution is -2.25. The Kier molecular flexibility index (Phi) is 5.54. The zero-order valence-electron chi connectivity index (χ0n) is 7.15. The quantitative estimate of drug-likeness (QED) is 0.615. The number of rotatable bonds is 3. The van der Waals surface area contributed by atoms with Crippen molar-refractivity contribution in [2.45, 2.75) is 20.8 Å². The first kappa shape index (κ1) is 10.9. The first-order chi connectivity index (χ1) is 5.02. The van der Waals surface area contributed by atoms with E-state index in [9.17, 15) is 4.79 Å². The van der Waals surface area contributed by atoms with E-state index in [4.69, 9.17) is 0 Å². The van der Waals surface area contributed by atoms with Gasteiger partial charge in [-0.3, -0.25) is 4.79 Å². The van der Waals surface area contributed by atoms with Gasteiger partial charge in [-0.2, -0.15) is 0 Å². The number of carbonyl (C=O) groups excluding carboxylic acids is 1. The van der Waals surface area contributed by atoms with Crippen LogP contribution in [0.15, 0.2) is 9.66 Å². The molecule has 1 amide bonds. The molecule has 0 spiro atoms. The molecule has 0 aromatic carbocycles. The minimum atomic E-state index is 0.00519. The summed E-state index contributed by atoms with van der Waals surface area (Å²) < 4.78 is 1.00. The standard InChI is InChI=1S/C8H14INO/c1-6(2)5-10-8(11)4-7(3)9/h4,6H,5H2,1-3H3,(H,10,11). The normalized spacial score (nSPS) is 11.9. The van der Waals surface area contributed by atoms with Gasteiger partial charge in [-0.05, 0) is 39.0 Å². The van der Waals surface area contributed by atoms with Gasteiger partial charge < -0.3 is 5.32 Å². The first-order valence-corrected chi connectivity index (χ1v) is 4.72. The molecule has 0 heterocycles. The van der Waals surface area contributed by atoms with Gasteiger partial charge in [-0.25, -0.2) is 0 Å². The van der Waals surface area contributed by atoms with Gasteiger partial charge in [0, 0.05) is 12.6 Å². The van der Waals surface area contributed by atoms with Crippen molar-refractivity contribution in [1.82, 2.24) is 5.32 Å². The minimum Gasteiger partial charge on any atom is -0.352 e. The predicted molar refractivity (Wildman–Crippen MR) is 55.6 cm³/mol. The summed E-state index contributed by atoms with van der Waals surface area (Å²) in [4.78, 5) is 11.0. The molecule has 0 atom stereocenters. The highest BCUT2D eigenvalue weighted by Crippen LogP contribution is 2.01. The third-order valence-electron chi connectivity index (χ3n) is 1.01. The molecule has 0 bridgehead atoms. The second kappa shape index (κ2) is 5.57. The Hall–Kier alpha value is -0.0600. The third-order valence-corrected chi connectivity index (χ3v) is 1.33. The van der Waals surface area contributed by atoms with E-state index in [2.05, 4.69) is 41.8 Å². The average Bonchev–Trinajstić information content (AvgIpc) is 1.82. The van der Waals surface area contributed by atoms with Crippen molar-refractivity contribution in [2.24, 2.45) is 5.92 Å². The Morgan fingerprint density at radius 3 is 2.55 bits per heavy atom. The fourth-order valence-electron chi connectivity index (χ4n) is 0.536. The van der Waals surface area contributed by atoms with Crippen LogP contribution in [0.25, 0.3) is 0 Å². The topological polar surface area (TPSA) is 29.1 Å². The second-order valence-corrected chi connectivity index (χ2v) is 4.57. The number of hydrogen-bond donors (Lipinski definition) is 1. The summed E-state index contributed by atoms with van der Waals surface area (Å²) in [7, 11) is 0. The molecule has 0 aromatic rings. The Balaban J connectivity index is 3.63. The highest BCUT2D eigenvalue weighted by atomic mass is 127. The summed E-state index contributed by atoms with van der Waals surface area (Å²) in [5, 5.41) is 2.79. The maximum absolute atomic E-state index is 11.0. The largest absolute Gasteiger partial charge is 0.352 e. The van der Waals surface area contributed by atoms with Crippen molar-refractivity contribution in [1.29, 1.82) is 0 Å². The summed E-state index contributed by atoms with van der Waals surface area (Å²) >= 11 is 2.11. The monoisotopic (exact) mass is 267 g/mol. The molecule has 64 valence electrons. The minimum absolute atomic E-state index is 0.00519. The van der Waals surface area contributed by atoms with Crippen LogP contribution >= 0.6 is 22.6 Å². The first-order valence-electron chi connectivity index (χ1n) is 3.64. The lowest BCUT2D eigenvalue weighted by molar-refractivity contribution is -0.116. The van der Waals surface area contributed by atoms with E-state index in [1.54, 1.807) is 6.08 Å². The molecule has 0 saturated heterocycles. The van der Waals surface area contributed by atoms with E-state index in [1.165, 1.54) is 0 Å². The van der Waals surface area contributed by atoms with E-state index in [0.29, 0.717) is 5.92 Å². The van der Waals surface area contributed by atoms with Gasteiger partial charge in [0.1, 0.15) is 0 Å². The van der Waals surface area contributed by atoms with Crippen molar-refractivity contribution in [3.05, 3.63) is 9.66 Å². The number of carbonyl (C=O) groups is 1. The smallest absolute Gasteiger partial charge is 0.244 e. The van der Waals surface area contributed by atoms with Crippen LogP contribution in [0.2, 0.25) is 0 Å². The maximum atomic E-state index is 11.0. The van der Waals surface area contributed by atoms with E-state index in [-0.39, 0.29) is 5.91 Å². The molecule has 0 aliphatic carbocycles. The Bertz CT molecular complexity index is 159. The fourth-order valence-corrected chi connectivity index (χ4v) is 0.819. The van der Waals surface area contributed by atoms with Crippen LogP contribution in [-0.4, -0.2) is 12.5 Å². The van der Waals surface area contributed by atoms with Crippen LogP contribution in [-0.2, 0) is 4.79 Å². The van der Waals surface area contributed by atoms with Crippen molar-refractivity contribution in [3.8, 4) is 0 Å². The van der Waals surface area contributed by atoms with E-state index in [1.807, 2.05) is 6.92 Å². The number of allylic oxidation sites excluding steroid dienone is 1. The van der Waals surface area contributed by atoms with Crippen LogP contribution < -0.4 is 5.32 Å². The molecular formula is C8H14INO. The van der Waals surface area contributed by atoms with Crippen LogP contribution in [0.3, 0.4) is 0 Å². The van der Waals surface area contributed by atoms with Gasteiger partial charge in [-0.1, -0.05) is 13.8 Å². The second-order valence-electron chi connectivity index (χ2n) is 2.87. The SMILES string of the molecule is CC(I)=CC(=O)NCC(C)C. The molecule has 0 aliphatic heterocycles. The van der Waals surface area contributed by atoms with E-state index < -0.39 is 0 Å². The highest BCUT2D eigenvalue weighted by Gasteiger charge is 1.97. The van der Waals surface area contributed by atoms with Gasteiger partial charge in [0.05, 0.1) is 0 Å². The lowest BCUT2D eigenvalue weighted by atomic mass is 10.2. The van der Waals surface area contributed by atoms with Crippen LogP contribution in [0, 0.1) is 5.92 Å². The lowest BCUT2D eigenvalue weighted by Gasteiger charge is -2.04. The van der Waals surface area contributed by atoms with Crippen LogP contribution in [0.1, 0.15) is 20.8 Å². The Labute approximate surface area is 81.6 Å². The molecule has 2 nitrogen and oxygen atoms in total. The molecule has 0 aromatic heterocycles. The highest BCUT2D eigenvalue weighted by molar-refractivity contribution is 14.1. The van der Waals surface area contributed by atoms with Gasteiger partial charge in [0.2, 0.25) is 5.91 Å². The molecule has 0 unspecified atom stereocenters. The predicted octanol–water partition coefficient (Wildman–Crippen LogP) is 2.10. The van der Waals surface area contributed by atoms with Crippen molar-refractivity contribution in [3.63, 3.8) is 0 Å². The number of hydrogen-bond acceptors (Lipinski definition) is 1. The Morgan fingerprint density at radius 1 is 1.64 bits per heavy atom. The Morgan fingerprint density at radius 2 is 2.18 bits per heavy atom. The number of halogens is 1. The molecule has 0 saturated carbocycles. The summed E-state index contributed by atoms with van der Waals surface area (Å²) in [5.74, 6) is 0.521. The third kappa shape index (κ3) is 7.84. The van der Waals surface area contributed by atoms with Gasteiger partial charge in [0.25, 0.3) is 0 Å². The number of amides is 1. The molecule has 1 N–H and O–H groups in total. The molecule has 0 aliphatic rings. The van der Waals surface area contributed by atoms with Gasteiger partial charge >= 0.3 is 0 Å². The van der Waals surface area contributed by atoms with Crippen LogP contribution in [0.4, 0.5) is 0 Å². The molecule has 3 heteroatoms. The molecule has 0 rings (SSSR count). The summed E-state index contributed by atoms with van der Waals surface area (Å²) in [6.45, 7) is 6.79. The zero-order valence-corrected chi connectivity index (χ0v) is 9.31. The average molecular weight is 267 g/mol. The summed E-state index contributed by atoms with van der Waals surface area (Å²) in [5.41, 5.74) is 0. The molecule has 0 fully saturated rings. The maximum Gasteiger partial charge on any atom is 0.244 e. The molecule has 11 heavy (non-hydrogen) atoms. The zero-order chi connectivity index (χ0) is 8.85. The van der Waals surface area contributed by atoms with Gasteiger partial charge in [0.15, 0.2) is 0 Å². The summed E-state index contributed by atoms with van der Waals surface area (Å²) in [6.07, 6.45) is 1.60.